The van der Waals surface area contributed by atoms with Gasteiger partial charge in [-0.05, 0) is 34.1 Å². The first-order valence-corrected chi connectivity index (χ1v) is 6.85. The predicted molar refractivity (Wildman–Crippen MR) is 73.4 cm³/mol. The van der Waals surface area contributed by atoms with Crippen LogP contribution in [0.1, 0.15) is 15.2 Å². The first-order valence-electron chi connectivity index (χ1n) is 4.86. The predicted octanol–water partition coefficient (Wildman–Crippen LogP) is 4.54. The van der Waals surface area contributed by atoms with Gasteiger partial charge in [0.05, 0.1) is 20.8 Å². The molecule has 1 heterocycles. The van der Waals surface area contributed by atoms with Crippen molar-refractivity contribution in [3.05, 3.63) is 49.3 Å². The number of hydrogen-bond acceptors (Lipinski definition) is 3. The van der Waals surface area contributed by atoms with Gasteiger partial charge in [-0.1, -0.05) is 17.7 Å². The van der Waals surface area contributed by atoms with Crippen molar-refractivity contribution in [2.75, 3.05) is 7.11 Å². The van der Waals surface area contributed by atoms with Gasteiger partial charge in [-0.3, -0.25) is 4.79 Å². The van der Waals surface area contributed by atoms with E-state index in [1.807, 2.05) is 0 Å². The highest BCUT2D eigenvalue weighted by atomic mass is 79.9. The van der Waals surface area contributed by atoms with E-state index in [1.54, 1.807) is 6.07 Å². The molecule has 0 atom stereocenters. The summed E-state index contributed by atoms with van der Waals surface area (Å²) in [6.45, 7) is 0. The molecule has 0 aliphatic carbocycles. The van der Waals surface area contributed by atoms with Crippen LogP contribution in [0.25, 0.3) is 0 Å². The summed E-state index contributed by atoms with van der Waals surface area (Å²) in [4.78, 5) is 12.6. The number of methoxy groups -OCH3 is 1. The molecule has 0 amide bonds. The molecule has 0 saturated carbocycles. The first-order chi connectivity index (χ1) is 8.54. The zero-order valence-electron chi connectivity index (χ0n) is 9.17. The van der Waals surface area contributed by atoms with Gasteiger partial charge in [0.1, 0.15) is 17.1 Å². The summed E-state index contributed by atoms with van der Waals surface area (Å²) in [5.74, 6) is -0.844. The number of rotatable bonds is 3. The van der Waals surface area contributed by atoms with Gasteiger partial charge in [0.15, 0.2) is 0 Å². The molecule has 0 radical (unpaired) electrons. The molecule has 18 heavy (non-hydrogen) atoms. The van der Waals surface area contributed by atoms with Gasteiger partial charge in [-0.15, -0.1) is 11.3 Å². The fraction of sp³-hybridized carbons (Fsp3) is 0.0833. The second-order valence-corrected chi connectivity index (χ2v) is 6.16. The summed E-state index contributed by atoms with van der Waals surface area (Å²) in [5, 5.41) is 0.429. The highest BCUT2D eigenvalue weighted by molar-refractivity contribution is 9.11. The van der Waals surface area contributed by atoms with Crippen LogP contribution in [0.4, 0.5) is 4.39 Å². The highest BCUT2D eigenvalue weighted by Gasteiger charge is 2.21. The Labute approximate surface area is 120 Å². The Hall–Kier alpha value is -0.910. The number of ether oxygens (including phenoxy) is 1. The molecule has 0 aliphatic rings. The minimum absolute atomic E-state index is 0.0783. The summed E-state index contributed by atoms with van der Waals surface area (Å²) >= 11 is 10.2. The van der Waals surface area contributed by atoms with Crippen LogP contribution >= 0.6 is 38.9 Å². The highest BCUT2D eigenvalue weighted by Crippen LogP contribution is 2.35. The van der Waals surface area contributed by atoms with Crippen molar-refractivity contribution < 1.29 is 13.9 Å². The molecule has 2 aromatic rings. The van der Waals surface area contributed by atoms with Crippen molar-refractivity contribution >= 4 is 44.7 Å². The molecule has 0 bridgehead atoms. The molecule has 0 spiro atoms. The quantitative estimate of drug-likeness (QED) is 0.760. The summed E-state index contributed by atoms with van der Waals surface area (Å²) in [7, 11) is 1.39. The van der Waals surface area contributed by atoms with Crippen LogP contribution in [0, 0.1) is 5.82 Å². The van der Waals surface area contributed by atoms with Crippen LogP contribution in [0.3, 0.4) is 0 Å². The topological polar surface area (TPSA) is 26.3 Å². The van der Waals surface area contributed by atoms with E-state index in [9.17, 15) is 9.18 Å². The zero-order chi connectivity index (χ0) is 13.3. The monoisotopic (exact) mass is 348 g/mol. The van der Waals surface area contributed by atoms with E-state index in [0.29, 0.717) is 13.7 Å². The molecule has 2 rings (SSSR count). The van der Waals surface area contributed by atoms with Gasteiger partial charge in [-0.2, -0.15) is 0 Å². The van der Waals surface area contributed by atoms with Crippen LogP contribution in [-0.4, -0.2) is 12.9 Å². The maximum Gasteiger partial charge on any atom is 0.209 e. The number of halogens is 3. The summed E-state index contributed by atoms with van der Waals surface area (Å²) in [6.07, 6.45) is 0. The van der Waals surface area contributed by atoms with E-state index < -0.39 is 11.6 Å². The van der Waals surface area contributed by atoms with Crippen molar-refractivity contribution in [2.24, 2.45) is 0 Å². The SMILES string of the molecule is COc1cccc(F)c1C(=O)c1cc(Cl)c(Br)s1. The smallest absolute Gasteiger partial charge is 0.209 e. The fourth-order valence-corrected chi connectivity index (χ4v) is 3.12. The second kappa shape index (κ2) is 5.38. The van der Waals surface area contributed by atoms with Crippen LogP contribution in [-0.2, 0) is 0 Å². The standard InChI is InChI=1S/C12H7BrClFO2S/c1-17-8-4-2-3-7(15)10(8)11(16)9-5-6(14)12(13)18-9/h2-5H,1H3. The lowest BCUT2D eigenvalue weighted by Gasteiger charge is -2.07. The van der Waals surface area contributed by atoms with Crippen LogP contribution in [0.2, 0.25) is 5.02 Å². The molecule has 6 heteroatoms. The Balaban J connectivity index is 2.52. The van der Waals surface area contributed by atoms with Gasteiger partial charge in [0.25, 0.3) is 0 Å². The number of ketones is 1. The molecular weight excluding hydrogens is 343 g/mol. The molecule has 0 N–H and O–H groups in total. The molecule has 0 unspecified atom stereocenters. The molecule has 2 nitrogen and oxygen atoms in total. The average molecular weight is 350 g/mol. The Bertz CT molecular complexity index is 593. The third kappa shape index (κ3) is 2.43. The van der Waals surface area contributed by atoms with E-state index in [2.05, 4.69) is 15.9 Å². The average Bonchev–Trinajstić information content (AvgIpc) is 2.68. The number of thiophene rings is 1. The normalized spacial score (nSPS) is 10.4. The van der Waals surface area contributed by atoms with Crippen molar-refractivity contribution in [1.82, 2.24) is 0 Å². The Morgan fingerprint density at radius 3 is 2.78 bits per heavy atom. The minimum Gasteiger partial charge on any atom is -0.496 e. The largest absolute Gasteiger partial charge is 0.496 e. The first kappa shape index (κ1) is 13.5. The van der Waals surface area contributed by atoms with Crippen LogP contribution in [0.5, 0.6) is 5.75 Å². The molecule has 0 aliphatic heterocycles. The number of benzene rings is 1. The number of carbonyl (C=O) groups is 1. The zero-order valence-corrected chi connectivity index (χ0v) is 12.3. The molecular formula is C12H7BrClFO2S. The Kier molecular flexibility index (Phi) is 4.04. The third-order valence-corrected chi connectivity index (χ3v) is 4.76. The van der Waals surface area contributed by atoms with E-state index in [-0.39, 0.29) is 11.3 Å². The lowest BCUT2D eigenvalue weighted by atomic mass is 10.1. The van der Waals surface area contributed by atoms with Crippen LogP contribution in [0.15, 0.2) is 28.1 Å². The number of hydrogen-bond donors (Lipinski definition) is 0. The summed E-state index contributed by atoms with van der Waals surface area (Å²) in [5.41, 5.74) is -0.0783. The fourth-order valence-electron chi connectivity index (χ4n) is 1.48. The van der Waals surface area contributed by atoms with E-state index in [1.165, 1.54) is 25.3 Å². The lowest BCUT2D eigenvalue weighted by molar-refractivity contribution is 0.103. The molecule has 1 aromatic carbocycles. The maximum atomic E-state index is 13.7. The van der Waals surface area contributed by atoms with Crippen molar-refractivity contribution in [2.45, 2.75) is 0 Å². The van der Waals surface area contributed by atoms with Crippen molar-refractivity contribution in [3.8, 4) is 5.75 Å². The Morgan fingerprint density at radius 1 is 1.50 bits per heavy atom. The van der Waals surface area contributed by atoms with Crippen LogP contribution < -0.4 is 4.74 Å². The van der Waals surface area contributed by atoms with Gasteiger partial charge in [0, 0.05) is 0 Å². The van der Waals surface area contributed by atoms with Gasteiger partial charge in [0.2, 0.25) is 5.78 Å². The lowest BCUT2D eigenvalue weighted by Crippen LogP contribution is -2.05. The molecule has 0 fully saturated rings. The second-order valence-electron chi connectivity index (χ2n) is 3.38. The summed E-state index contributed by atoms with van der Waals surface area (Å²) < 4.78 is 19.4. The van der Waals surface area contributed by atoms with Crippen molar-refractivity contribution in [3.63, 3.8) is 0 Å². The van der Waals surface area contributed by atoms with E-state index in [0.717, 1.165) is 11.3 Å². The minimum atomic E-state index is -0.611. The third-order valence-electron chi connectivity index (χ3n) is 2.29. The van der Waals surface area contributed by atoms with Crippen molar-refractivity contribution in [1.29, 1.82) is 0 Å². The molecule has 0 saturated heterocycles. The van der Waals surface area contributed by atoms with Gasteiger partial charge in [-0.25, -0.2) is 4.39 Å². The summed E-state index contributed by atoms with van der Waals surface area (Å²) in [6, 6.07) is 5.76. The Morgan fingerprint density at radius 2 is 2.22 bits per heavy atom. The van der Waals surface area contributed by atoms with Gasteiger partial charge < -0.3 is 4.74 Å². The van der Waals surface area contributed by atoms with E-state index >= 15 is 0 Å². The molecule has 94 valence electrons. The van der Waals surface area contributed by atoms with E-state index in [4.69, 9.17) is 16.3 Å². The molecule has 1 aromatic heterocycles. The maximum absolute atomic E-state index is 13.7. The number of carbonyl (C=O) groups excluding carboxylic acids is 1. The van der Waals surface area contributed by atoms with Gasteiger partial charge >= 0.3 is 0 Å².